The van der Waals surface area contributed by atoms with Crippen LogP contribution in [0.4, 0.5) is 0 Å². The highest BCUT2D eigenvalue weighted by atomic mass is 16.7. The van der Waals surface area contributed by atoms with E-state index < -0.39 is 0 Å². The summed E-state index contributed by atoms with van der Waals surface area (Å²) in [5, 5.41) is 0. The lowest BCUT2D eigenvalue weighted by atomic mass is 9.67. The molecule has 1 fully saturated rings. The predicted octanol–water partition coefficient (Wildman–Crippen LogP) is 2.89. The number of hydrogen-bond acceptors (Lipinski definition) is 4. The second-order valence-corrected chi connectivity index (χ2v) is 6.41. The third-order valence-corrected chi connectivity index (χ3v) is 5.19. The summed E-state index contributed by atoms with van der Waals surface area (Å²) in [7, 11) is 0. The van der Waals surface area contributed by atoms with E-state index in [0.29, 0.717) is 6.61 Å². The van der Waals surface area contributed by atoms with Gasteiger partial charge in [-0.3, -0.25) is 4.79 Å². The molecule has 5 rings (SSSR count). The van der Waals surface area contributed by atoms with Crippen molar-refractivity contribution in [2.24, 2.45) is 11.8 Å². The van der Waals surface area contributed by atoms with E-state index in [1.165, 1.54) is 11.1 Å². The summed E-state index contributed by atoms with van der Waals surface area (Å²) in [6.45, 7) is 0.782. The molecule has 1 aliphatic carbocycles. The van der Waals surface area contributed by atoms with Crippen molar-refractivity contribution >= 4 is 5.97 Å². The van der Waals surface area contributed by atoms with Gasteiger partial charge >= 0.3 is 5.97 Å². The summed E-state index contributed by atoms with van der Waals surface area (Å²) in [5.74, 6) is 1.65. The van der Waals surface area contributed by atoms with Crippen LogP contribution in [0.25, 0.3) is 0 Å². The highest BCUT2D eigenvalue weighted by molar-refractivity contribution is 5.78. The van der Waals surface area contributed by atoms with E-state index in [4.69, 9.17) is 14.2 Å². The van der Waals surface area contributed by atoms with Crippen LogP contribution in [0.1, 0.15) is 22.6 Å². The molecule has 1 saturated heterocycles. The first kappa shape index (κ1) is 13.0. The van der Waals surface area contributed by atoms with Crippen molar-refractivity contribution in [3.8, 4) is 11.5 Å². The van der Waals surface area contributed by atoms with Crippen LogP contribution in [0.2, 0.25) is 0 Å². The quantitative estimate of drug-likeness (QED) is 0.760. The molecule has 116 valence electrons. The maximum atomic E-state index is 12.4. The van der Waals surface area contributed by atoms with Crippen LogP contribution >= 0.6 is 0 Å². The van der Waals surface area contributed by atoms with Crippen molar-refractivity contribution in [3.05, 3.63) is 59.2 Å². The summed E-state index contributed by atoms with van der Waals surface area (Å²) in [6, 6.07) is 14.3. The number of cyclic esters (lactones) is 1. The smallest absolute Gasteiger partial charge is 0.310 e. The molecule has 23 heavy (non-hydrogen) atoms. The molecule has 0 spiro atoms. The third kappa shape index (κ3) is 1.87. The van der Waals surface area contributed by atoms with Gasteiger partial charge in [-0.25, -0.2) is 0 Å². The summed E-state index contributed by atoms with van der Waals surface area (Å²) in [5.41, 5.74) is 3.56. The monoisotopic (exact) mass is 308 g/mol. The number of benzene rings is 2. The minimum Gasteiger partial charge on any atom is -0.465 e. The number of ether oxygens (including phenoxy) is 3. The molecular formula is C19H16O4. The van der Waals surface area contributed by atoms with Crippen LogP contribution in [-0.4, -0.2) is 19.4 Å². The number of carbonyl (C=O) groups is 1. The average Bonchev–Trinajstić information content (AvgIpc) is 3.18. The van der Waals surface area contributed by atoms with E-state index in [9.17, 15) is 4.79 Å². The lowest BCUT2D eigenvalue weighted by molar-refractivity contribution is -0.141. The number of esters is 1. The van der Waals surface area contributed by atoms with Crippen molar-refractivity contribution in [2.45, 2.75) is 12.3 Å². The molecule has 0 amide bonds. The molecule has 4 nitrogen and oxygen atoms in total. The van der Waals surface area contributed by atoms with E-state index >= 15 is 0 Å². The van der Waals surface area contributed by atoms with Crippen molar-refractivity contribution < 1.29 is 19.0 Å². The fourth-order valence-electron chi connectivity index (χ4n) is 4.16. The summed E-state index contributed by atoms with van der Waals surface area (Å²) >= 11 is 0. The zero-order chi connectivity index (χ0) is 15.4. The lowest BCUT2D eigenvalue weighted by Gasteiger charge is -2.33. The van der Waals surface area contributed by atoms with Gasteiger partial charge in [0.15, 0.2) is 11.5 Å². The van der Waals surface area contributed by atoms with Crippen molar-refractivity contribution in [3.63, 3.8) is 0 Å². The van der Waals surface area contributed by atoms with E-state index in [2.05, 4.69) is 24.3 Å². The molecular weight excluding hydrogens is 292 g/mol. The van der Waals surface area contributed by atoms with Gasteiger partial charge in [-0.1, -0.05) is 30.3 Å². The molecule has 0 saturated carbocycles. The Morgan fingerprint density at radius 2 is 1.74 bits per heavy atom. The molecule has 0 bridgehead atoms. The van der Waals surface area contributed by atoms with E-state index in [1.54, 1.807) is 0 Å². The van der Waals surface area contributed by atoms with Gasteiger partial charge in [0.1, 0.15) is 0 Å². The Labute approximate surface area is 134 Å². The summed E-state index contributed by atoms with van der Waals surface area (Å²) < 4.78 is 16.4. The highest BCUT2D eigenvalue weighted by Gasteiger charge is 2.47. The van der Waals surface area contributed by atoms with Crippen molar-refractivity contribution in [2.75, 3.05) is 13.4 Å². The molecule has 2 aromatic carbocycles. The van der Waals surface area contributed by atoms with Crippen LogP contribution in [0.5, 0.6) is 11.5 Å². The molecule has 2 aliphatic heterocycles. The molecule has 3 aliphatic rings. The second kappa shape index (κ2) is 4.75. The van der Waals surface area contributed by atoms with Crippen LogP contribution in [0, 0.1) is 11.8 Å². The Bertz CT molecular complexity index is 783. The van der Waals surface area contributed by atoms with Crippen LogP contribution in [0.15, 0.2) is 42.5 Å². The van der Waals surface area contributed by atoms with Gasteiger partial charge in [0.25, 0.3) is 0 Å². The van der Waals surface area contributed by atoms with E-state index in [0.717, 1.165) is 23.5 Å². The normalized spacial score (nSPS) is 27.3. The van der Waals surface area contributed by atoms with Crippen molar-refractivity contribution in [1.82, 2.24) is 0 Å². The Balaban J connectivity index is 1.71. The minimum absolute atomic E-state index is 0.0226. The summed E-state index contributed by atoms with van der Waals surface area (Å²) in [6.07, 6.45) is 0.853. The predicted molar refractivity (Wildman–Crippen MR) is 82.5 cm³/mol. The second-order valence-electron chi connectivity index (χ2n) is 6.41. The third-order valence-electron chi connectivity index (χ3n) is 5.19. The number of carbonyl (C=O) groups excluding carboxylic acids is 1. The van der Waals surface area contributed by atoms with Gasteiger partial charge in [0.2, 0.25) is 6.79 Å². The topological polar surface area (TPSA) is 44.8 Å². The molecule has 0 unspecified atom stereocenters. The van der Waals surface area contributed by atoms with Gasteiger partial charge < -0.3 is 14.2 Å². The fraction of sp³-hybridized carbons (Fsp3) is 0.316. The fourth-order valence-corrected chi connectivity index (χ4v) is 4.16. The minimum atomic E-state index is -0.106. The first-order chi connectivity index (χ1) is 11.3. The average molecular weight is 308 g/mol. The van der Waals surface area contributed by atoms with Crippen LogP contribution in [-0.2, 0) is 16.0 Å². The van der Waals surface area contributed by atoms with Gasteiger partial charge in [-0.2, -0.15) is 0 Å². The van der Waals surface area contributed by atoms with E-state index in [1.807, 2.05) is 18.2 Å². The standard InChI is InChI=1S/C19H16O4/c20-19-18-13(9-21-19)6-12-7-15-16(23-10-22-15)8-14(12)17(18)11-4-2-1-3-5-11/h1-5,7-8,13,17-18H,6,9-10H2/t13-,17+,18+/m0/s1. The molecule has 3 atom stereocenters. The Kier molecular flexibility index (Phi) is 2.68. The largest absolute Gasteiger partial charge is 0.465 e. The van der Waals surface area contributed by atoms with Crippen LogP contribution < -0.4 is 9.47 Å². The lowest BCUT2D eigenvalue weighted by Crippen LogP contribution is -2.31. The first-order valence-electron chi connectivity index (χ1n) is 7.95. The van der Waals surface area contributed by atoms with E-state index in [-0.39, 0.29) is 30.5 Å². The van der Waals surface area contributed by atoms with Gasteiger partial charge in [0, 0.05) is 11.8 Å². The maximum absolute atomic E-state index is 12.4. The first-order valence-corrected chi connectivity index (χ1v) is 7.95. The molecule has 0 N–H and O–H groups in total. The Hall–Kier alpha value is -2.49. The molecule has 4 heteroatoms. The Morgan fingerprint density at radius 1 is 0.957 bits per heavy atom. The molecule has 0 aromatic heterocycles. The van der Waals surface area contributed by atoms with Gasteiger partial charge in [-0.05, 0) is 35.2 Å². The number of hydrogen-bond donors (Lipinski definition) is 0. The molecule has 0 radical (unpaired) electrons. The van der Waals surface area contributed by atoms with Crippen molar-refractivity contribution in [1.29, 1.82) is 0 Å². The van der Waals surface area contributed by atoms with Crippen LogP contribution in [0.3, 0.4) is 0 Å². The summed E-state index contributed by atoms with van der Waals surface area (Å²) in [4.78, 5) is 12.4. The zero-order valence-electron chi connectivity index (χ0n) is 12.5. The molecule has 2 heterocycles. The number of rotatable bonds is 1. The molecule has 2 aromatic rings. The van der Waals surface area contributed by atoms with Gasteiger partial charge in [0.05, 0.1) is 12.5 Å². The van der Waals surface area contributed by atoms with Gasteiger partial charge in [-0.15, -0.1) is 0 Å². The number of fused-ring (bicyclic) bond motifs is 3. The Morgan fingerprint density at radius 3 is 2.57 bits per heavy atom. The maximum Gasteiger partial charge on any atom is 0.310 e. The SMILES string of the molecule is O=C1OC[C@@H]2Cc3cc4c(cc3[C@@H](c3ccccc3)[C@H]12)OCO4. The highest BCUT2D eigenvalue weighted by Crippen LogP contribution is 2.50. The zero-order valence-corrected chi connectivity index (χ0v) is 12.5.